The lowest BCUT2D eigenvalue weighted by Crippen LogP contribution is -2.68. The van der Waals surface area contributed by atoms with Crippen molar-refractivity contribution in [2.75, 3.05) is 33.7 Å². The second-order valence-corrected chi connectivity index (χ2v) is 8.61. The molecule has 2 saturated carbocycles. The van der Waals surface area contributed by atoms with Crippen molar-refractivity contribution in [3.63, 3.8) is 0 Å². The van der Waals surface area contributed by atoms with Crippen LogP contribution in [0.2, 0.25) is 0 Å². The first-order chi connectivity index (χ1) is 12.5. The van der Waals surface area contributed by atoms with Gasteiger partial charge in [-0.1, -0.05) is 36.8 Å². The third kappa shape index (κ3) is 2.56. The number of hydrogen-bond acceptors (Lipinski definition) is 3. The molecule has 0 aromatic heterocycles. The highest BCUT2D eigenvalue weighted by atomic mass is 16.2. The molecule has 1 aromatic rings. The predicted molar refractivity (Wildman–Crippen MR) is 101 cm³/mol. The van der Waals surface area contributed by atoms with Gasteiger partial charge in [-0.05, 0) is 51.3 Å². The van der Waals surface area contributed by atoms with Gasteiger partial charge in [0.25, 0.3) is 0 Å². The Balaban J connectivity index is 1.61. The molecule has 1 spiro atoms. The van der Waals surface area contributed by atoms with Crippen molar-refractivity contribution in [3.05, 3.63) is 35.9 Å². The highest BCUT2D eigenvalue weighted by Crippen LogP contribution is 2.57. The third-order valence-electron chi connectivity index (χ3n) is 6.93. The van der Waals surface area contributed by atoms with E-state index in [0.717, 1.165) is 25.7 Å². The molecule has 4 rings (SSSR count). The van der Waals surface area contributed by atoms with E-state index < -0.39 is 0 Å². The molecule has 3 aliphatic rings. The number of amides is 2. The van der Waals surface area contributed by atoms with E-state index >= 15 is 0 Å². The van der Waals surface area contributed by atoms with Gasteiger partial charge < -0.3 is 14.6 Å². The summed E-state index contributed by atoms with van der Waals surface area (Å²) in [7, 11) is 4.27. The van der Waals surface area contributed by atoms with E-state index in [1.807, 2.05) is 0 Å². The molecule has 140 valence electrons. The number of rotatable bonds is 6. The molecule has 1 aliphatic heterocycles. The van der Waals surface area contributed by atoms with Gasteiger partial charge in [0.15, 0.2) is 0 Å². The number of aldehydes is 1. The second kappa shape index (κ2) is 6.38. The molecule has 1 aromatic carbocycles. The van der Waals surface area contributed by atoms with Gasteiger partial charge in [-0.2, -0.15) is 0 Å². The summed E-state index contributed by atoms with van der Waals surface area (Å²) in [4.78, 5) is 30.2. The Kier molecular flexibility index (Phi) is 4.30. The first-order valence-electron chi connectivity index (χ1n) is 9.74. The molecule has 0 bridgehead atoms. The largest absolute Gasteiger partial charge is 0.321 e. The lowest BCUT2D eigenvalue weighted by molar-refractivity contribution is -0.108. The van der Waals surface area contributed by atoms with E-state index in [9.17, 15) is 9.59 Å². The number of nitrogens with zero attached hydrogens (tertiary/aromatic N) is 3. The van der Waals surface area contributed by atoms with Crippen LogP contribution >= 0.6 is 0 Å². The van der Waals surface area contributed by atoms with Crippen LogP contribution in [0.15, 0.2) is 30.3 Å². The van der Waals surface area contributed by atoms with Crippen molar-refractivity contribution in [1.82, 2.24) is 14.7 Å². The molecule has 0 unspecified atom stereocenters. The highest BCUT2D eigenvalue weighted by Gasteiger charge is 2.64. The summed E-state index contributed by atoms with van der Waals surface area (Å²) in [5.74, 6) is 0.637. The van der Waals surface area contributed by atoms with Crippen LogP contribution in [0.25, 0.3) is 0 Å². The zero-order chi connectivity index (χ0) is 18.4. The number of carbonyl (C=O) groups excluding carboxylic acids is 2. The van der Waals surface area contributed by atoms with E-state index in [1.54, 1.807) is 4.90 Å². The lowest BCUT2D eigenvalue weighted by Gasteiger charge is -2.61. The van der Waals surface area contributed by atoms with Gasteiger partial charge in [-0.15, -0.1) is 0 Å². The molecule has 5 heteroatoms. The van der Waals surface area contributed by atoms with Gasteiger partial charge in [0.2, 0.25) is 0 Å². The fourth-order valence-corrected chi connectivity index (χ4v) is 5.19. The maximum atomic E-state index is 13.0. The molecule has 3 fully saturated rings. The minimum atomic E-state index is -0.129. The van der Waals surface area contributed by atoms with Crippen LogP contribution in [0.3, 0.4) is 0 Å². The van der Waals surface area contributed by atoms with E-state index in [2.05, 4.69) is 54.2 Å². The van der Waals surface area contributed by atoms with Gasteiger partial charge in [-0.25, -0.2) is 4.79 Å². The third-order valence-corrected chi connectivity index (χ3v) is 6.93. The lowest BCUT2D eigenvalue weighted by atomic mass is 9.58. The Morgan fingerprint density at radius 3 is 2.42 bits per heavy atom. The van der Waals surface area contributed by atoms with E-state index in [-0.39, 0.29) is 23.7 Å². The van der Waals surface area contributed by atoms with Crippen molar-refractivity contribution in [2.24, 2.45) is 5.92 Å². The molecule has 0 N–H and O–H groups in total. The molecule has 0 atom stereocenters. The van der Waals surface area contributed by atoms with Crippen molar-refractivity contribution >= 4 is 12.3 Å². The maximum Gasteiger partial charge on any atom is 0.321 e. The number of carbonyl (C=O) groups is 2. The Morgan fingerprint density at radius 1 is 1.19 bits per heavy atom. The minimum absolute atomic E-state index is 0.0312. The quantitative estimate of drug-likeness (QED) is 0.737. The zero-order valence-electron chi connectivity index (χ0n) is 15.9. The molecule has 2 amide bonds. The van der Waals surface area contributed by atoms with Crippen LogP contribution < -0.4 is 0 Å². The molecule has 5 nitrogen and oxygen atoms in total. The van der Waals surface area contributed by atoms with Gasteiger partial charge in [0, 0.05) is 13.1 Å². The predicted octanol–water partition coefficient (Wildman–Crippen LogP) is 2.71. The standard InChI is InChI=1S/C21H29N3O2/c1-22(2)21(18-9-4-3-5-10-18)14-20(15-21)16-23(11-12-25)19(26)24(20)13-17-7-6-8-17/h3-5,9-10,12,17H,6-8,11,13-16H2,1-2H3/t20-,21+. The van der Waals surface area contributed by atoms with Crippen molar-refractivity contribution < 1.29 is 9.59 Å². The van der Waals surface area contributed by atoms with Crippen molar-refractivity contribution in [1.29, 1.82) is 0 Å². The van der Waals surface area contributed by atoms with Crippen LogP contribution in [0.5, 0.6) is 0 Å². The van der Waals surface area contributed by atoms with Gasteiger partial charge in [-0.3, -0.25) is 4.90 Å². The summed E-state index contributed by atoms with van der Waals surface area (Å²) in [5.41, 5.74) is 1.16. The number of hydrogen-bond donors (Lipinski definition) is 0. The topological polar surface area (TPSA) is 43.9 Å². The molecular weight excluding hydrogens is 326 g/mol. The molecule has 1 saturated heterocycles. The van der Waals surface area contributed by atoms with Crippen LogP contribution in [-0.2, 0) is 10.3 Å². The molecule has 26 heavy (non-hydrogen) atoms. The summed E-state index contributed by atoms with van der Waals surface area (Å²) < 4.78 is 0. The van der Waals surface area contributed by atoms with E-state index in [4.69, 9.17) is 0 Å². The molecular formula is C21H29N3O2. The fourth-order valence-electron chi connectivity index (χ4n) is 5.19. The smallest absolute Gasteiger partial charge is 0.317 e. The Hall–Kier alpha value is -1.88. The second-order valence-electron chi connectivity index (χ2n) is 8.61. The molecule has 1 heterocycles. The summed E-state index contributed by atoms with van der Waals surface area (Å²) in [6, 6.07) is 10.7. The summed E-state index contributed by atoms with van der Waals surface area (Å²) >= 11 is 0. The van der Waals surface area contributed by atoms with Crippen LogP contribution in [0, 0.1) is 5.92 Å². The first-order valence-corrected chi connectivity index (χ1v) is 9.74. The van der Waals surface area contributed by atoms with Crippen LogP contribution in [0.4, 0.5) is 4.79 Å². The van der Waals surface area contributed by atoms with Gasteiger partial charge in [0.05, 0.1) is 17.6 Å². The van der Waals surface area contributed by atoms with Gasteiger partial charge >= 0.3 is 6.03 Å². The zero-order valence-corrected chi connectivity index (χ0v) is 15.9. The summed E-state index contributed by atoms with van der Waals surface area (Å²) in [6.07, 6.45) is 6.46. The Morgan fingerprint density at radius 2 is 1.88 bits per heavy atom. The monoisotopic (exact) mass is 355 g/mol. The van der Waals surface area contributed by atoms with Gasteiger partial charge in [0.1, 0.15) is 6.29 Å². The van der Waals surface area contributed by atoms with Crippen molar-refractivity contribution in [2.45, 2.75) is 43.2 Å². The summed E-state index contributed by atoms with van der Waals surface area (Å²) in [6.45, 7) is 1.74. The Labute approximate surface area is 155 Å². The molecule has 2 aliphatic carbocycles. The highest BCUT2D eigenvalue weighted by molar-refractivity contribution is 5.81. The van der Waals surface area contributed by atoms with Crippen molar-refractivity contribution in [3.8, 4) is 0 Å². The normalized spacial score (nSPS) is 31.4. The summed E-state index contributed by atoms with van der Waals surface area (Å²) in [5, 5.41) is 0. The molecule has 0 radical (unpaired) electrons. The minimum Gasteiger partial charge on any atom is -0.317 e. The number of urea groups is 1. The van der Waals surface area contributed by atoms with Crippen LogP contribution in [-0.4, -0.2) is 66.3 Å². The van der Waals surface area contributed by atoms with E-state index in [0.29, 0.717) is 12.5 Å². The fraction of sp³-hybridized carbons (Fsp3) is 0.619. The maximum absolute atomic E-state index is 13.0. The van der Waals surface area contributed by atoms with E-state index in [1.165, 1.54) is 24.8 Å². The number of benzene rings is 1. The Bertz CT molecular complexity index is 678. The van der Waals surface area contributed by atoms with Crippen LogP contribution in [0.1, 0.15) is 37.7 Å². The SMILES string of the molecule is CN(C)[C@]1(c2ccccc2)C[C@@]2(CN(CC=O)C(=O)N2CC2CCC2)C1. The average molecular weight is 355 g/mol. The first kappa shape index (κ1) is 17.5. The average Bonchev–Trinajstić information content (AvgIpc) is 2.82.